The topological polar surface area (TPSA) is 66.9 Å². The second-order valence-corrected chi connectivity index (χ2v) is 6.62. The molecule has 1 amide bonds. The third kappa shape index (κ3) is 5.38. The van der Waals surface area contributed by atoms with Crippen molar-refractivity contribution < 1.29 is 4.79 Å². The zero-order valence-electron chi connectivity index (χ0n) is 15.6. The Kier molecular flexibility index (Phi) is 6.15. The Bertz CT molecular complexity index is 879. The van der Waals surface area contributed by atoms with E-state index in [1.54, 1.807) is 6.07 Å². The van der Waals surface area contributed by atoms with Crippen LogP contribution in [0.1, 0.15) is 29.9 Å². The molecule has 3 rings (SSSR count). The molecule has 0 atom stereocenters. The van der Waals surface area contributed by atoms with Crippen LogP contribution in [0.4, 0.5) is 5.82 Å². The number of carbonyl (C=O) groups excluding carboxylic acids is 1. The van der Waals surface area contributed by atoms with Gasteiger partial charge in [0.05, 0.1) is 0 Å². The maximum absolute atomic E-state index is 12.5. The Balaban J connectivity index is 1.82. The van der Waals surface area contributed by atoms with Crippen LogP contribution in [-0.2, 0) is 6.42 Å². The van der Waals surface area contributed by atoms with Gasteiger partial charge in [-0.15, -0.1) is 0 Å². The third-order valence-corrected chi connectivity index (χ3v) is 3.97. The molecule has 2 aromatic carbocycles. The van der Waals surface area contributed by atoms with Gasteiger partial charge in [0.2, 0.25) is 0 Å². The van der Waals surface area contributed by atoms with Crippen molar-refractivity contribution in [2.45, 2.75) is 26.3 Å². The van der Waals surface area contributed by atoms with Gasteiger partial charge in [0.15, 0.2) is 5.82 Å². The summed E-state index contributed by atoms with van der Waals surface area (Å²) >= 11 is 0. The molecule has 5 heteroatoms. The number of hydrogen-bond acceptors (Lipinski definition) is 4. The van der Waals surface area contributed by atoms with Gasteiger partial charge in [0, 0.05) is 24.2 Å². The molecule has 0 unspecified atom stereocenters. The smallest absolute Gasteiger partial charge is 0.270 e. The lowest BCUT2D eigenvalue weighted by Crippen LogP contribution is -2.31. The molecular formula is C22H24N4O. The Morgan fingerprint density at radius 3 is 2.30 bits per heavy atom. The van der Waals surface area contributed by atoms with Crippen LogP contribution in [-0.4, -0.2) is 28.5 Å². The van der Waals surface area contributed by atoms with Crippen molar-refractivity contribution in [1.29, 1.82) is 0 Å². The standard InChI is InChI=1S/C22H24N4O/c1-16(2)24-22(27)19-15-20(23-14-13-17-9-5-3-6-10-17)26-21(25-19)18-11-7-4-8-12-18/h3-12,15-16H,13-14H2,1-2H3,(H,24,27)(H,23,25,26). The monoisotopic (exact) mass is 360 g/mol. The first-order valence-corrected chi connectivity index (χ1v) is 9.15. The summed E-state index contributed by atoms with van der Waals surface area (Å²) in [6.07, 6.45) is 0.874. The van der Waals surface area contributed by atoms with E-state index in [0.29, 0.717) is 17.3 Å². The number of carbonyl (C=O) groups is 1. The fraction of sp³-hybridized carbons (Fsp3) is 0.227. The molecule has 5 nitrogen and oxygen atoms in total. The zero-order chi connectivity index (χ0) is 19.1. The number of rotatable bonds is 7. The van der Waals surface area contributed by atoms with Gasteiger partial charge in [-0.3, -0.25) is 4.79 Å². The van der Waals surface area contributed by atoms with Gasteiger partial charge in [0.1, 0.15) is 11.5 Å². The number of anilines is 1. The molecule has 3 aromatic rings. The molecule has 0 radical (unpaired) electrons. The number of nitrogens with one attached hydrogen (secondary N) is 2. The number of benzene rings is 2. The summed E-state index contributed by atoms with van der Waals surface area (Å²) in [4.78, 5) is 21.5. The third-order valence-electron chi connectivity index (χ3n) is 3.97. The maximum Gasteiger partial charge on any atom is 0.270 e. The van der Waals surface area contributed by atoms with E-state index in [0.717, 1.165) is 18.5 Å². The van der Waals surface area contributed by atoms with Crippen molar-refractivity contribution in [2.24, 2.45) is 0 Å². The Hall–Kier alpha value is -3.21. The van der Waals surface area contributed by atoms with Gasteiger partial charge >= 0.3 is 0 Å². The maximum atomic E-state index is 12.5. The van der Waals surface area contributed by atoms with Gasteiger partial charge in [-0.1, -0.05) is 60.7 Å². The second-order valence-electron chi connectivity index (χ2n) is 6.62. The summed E-state index contributed by atoms with van der Waals surface area (Å²) in [5, 5.41) is 6.21. The van der Waals surface area contributed by atoms with E-state index in [-0.39, 0.29) is 11.9 Å². The first kappa shape index (κ1) is 18.6. The molecule has 0 aliphatic rings. The van der Waals surface area contributed by atoms with Crippen LogP contribution in [0, 0.1) is 0 Å². The second kappa shape index (κ2) is 8.94. The summed E-state index contributed by atoms with van der Waals surface area (Å²) in [5.74, 6) is 0.985. The van der Waals surface area contributed by atoms with Gasteiger partial charge in [-0.25, -0.2) is 9.97 Å². The highest BCUT2D eigenvalue weighted by atomic mass is 16.1. The van der Waals surface area contributed by atoms with Crippen molar-refractivity contribution in [3.63, 3.8) is 0 Å². The predicted octanol–water partition coefficient (Wildman–Crippen LogP) is 3.94. The van der Waals surface area contributed by atoms with E-state index in [1.807, 2.05) is 62.4 Å². The SMILES string of the molecule is CC(C)NC(=O)c1cc(NCCc2ccccc2)nc(-c2ccccc2)n1. The molecule has 1 aromatic heterocycles. The number of hydrogen-bond donors (Lipinski definition) is 2. The van der Waals surface area contributed by atoms with E-state index >= 15 is 0 Å². The first-order chi connectivity index (χ1) is 13.1. The molecule has 0 saturated heterocycles. The highest BCUT2D eigenvalue weighted by molar-refractivity contribution is 5.93. The quantitative estimate of drug-likeness (QED) is 0.670. The minimum absolute atomic E-state index is 0.0436. The highest BCUT2D eigenvalue weighted by Crippen LogP contribution is 2.18. The molecule has 138 valence electrons. The molecule has 0 spiro atoms. The molecule has 27 heavy (non-hydrogen) atoms. The molecule has 0 aliphatic heterocycles. The van der Waals surface area contributed by atoms with Crippen LogP contribution in [0.5, 0.6) is 0 Å². The van der Waals surface area contributed by atoms with E-state index in [1.165, 1.54) is 5.56 Å². The number of nitrogens with zero attached hydrogens (tertiary/aromatic N) is 2. The van der Waals surface area contributed by atoms with E-state index in [9.17, 15) is 4.79 Å². The average molecular weight is 360 g/mol. The van der Waals surface area contributed by atoms with Crippen LogP contribution >= 0.6 is 0 Å². The molecule has 0 fully saturated rings. The lowest BCUT2D eigenvalue weighted by atomic mass is 10.1. The molecule has 2 N–H and O–H groups in total. The highest BCUT2D eigenvalue weighted by Gasteiger charge is 2.13. The van der Waals surface area contributed by atoms with Crippen molar-refractivity contribution in [3.05, 3.63) is 78.0 Å². The van der Waals surface area contributed by atoms with Gasteiger partial charge < -0.3 is 10.6 Å². The van der Waals surface area contributed by atoms with Crippen LogP contribution in [0.3, 0.4) is 0 Å². The Labute approximate surface area is 159 Å². The van der Waals surface area contributed by atoms with Crippen molar-refractivity contribution in [1.82, 2.24) is 15.3 Å². The van der Waals surface area contributed by atoms with Crippen LogP contribution < -0.4 is 10.6 Å². The molecule has 0 aliphatic carbocycles. The zero-order valence-corrected chi connectivity index (χ0v) is 15.6. The minimum Gasteiger partial charge on any atom is -0.370 e. The summed E-state index contributed by atoms with van der Waals surface area (Å²) in [7, 11) is 0. The number of aromatic nitrogens is 2. The summed E-state index contributed by atoms with van der Waals surface area (Å²) in [6.45, 7) is 4.58. The fourth-order valence-corrected chi connectivity index (χ4v) is 2.69. The van der Waals surface area contributed by atoms with Crippen LogP contribution in [0.2, 0.25) is 0 Å². The molecule has 1 heterocycles. The van der Waals surface area contributed by atoms with Crippen LogP contribution in [0.15, 0.2) is 66.7 Å². The lowest BCUT2D eigenvalue weighted by Gasteiger charge is -2.12. The van der Waals surface area contributed by atoms with E-state index < -0.39 is 0 Å². The predicted molar refractivity (Wildman–Crippen MR) is 109 cm³/mol. The van der Waals surface area contributed by atoms with Crippen LogP contribution in [0.25, 0.3) is 11.4 Å². The van der Waals surface area contributed by atoms with E-state index in [2.05, 4.69) is 32.7 Å². The fourth-order valence-electron chi connectivity index (χ4n) is 2.69. The Morgan fingerprint density at radius 1 is 0.963 bits per heavy atom. The molecule has 0 bridgehead atoms. The van der Waals surface area contributed by atoms with Crippen molar-refractivity contribution >= 4 is 11.7 Å². The summed E-state index contributed by atoms with van der Waals surface area (Å²) < 4.78 is 0. The normalized spacial score (nSPS) is 10.6. The Morgan fingerprint density at radius 2 is 1.63 bits per heavy atom. The largest absolute Gasteiger partial charge is 0.370 e. The average Bonchev–Trinajstić information content (AvgIpc) is 2.69. The van der Waals surface area contributed by atoms with Gasteiger partial charge in [0.25, 0.3) is 5.91 Å². The van der Waals surface area contributed by atoms with Gasteiger partial charge in [-0.05, 0) is 25.8 Å². The van der Waals surface area contributed by atoms with Gasteiger partial charge in [-0.2, -0.15) is 0 Å². The minimum atomic E-state index is -0.198. The summed E-state index contributed by atoms with van der Waals surface area (Å²) in [6, 6.07) is 21.7. The molecule has 0 saturated carbocycles. The molecular weight excluding hydrogens is 336 g/mol. The number of amides is 1. The van der Waals surface area contributed by atoms with E-state index in [4.69, 9.17) is 0 Å². The summed E-state index contributed by atoms with van der Waals surface area (Å²) in [5.41, 5.74) is 2.49. The lowest BCUT2D eigenvalue weighted by molar-refractivity contribution is 0.0938. The van der Waals surface area contributed by atoms with Crippen molar-refractivity contribution in [2.75, 3.05) is 11.9 Å². The van der Waals surface area contributed by atoms with Crippen molar-refractivity contribution in [3.8, 4) is 11.4 Å². The first-order valence-electron chi connectivity index (χ1n) is 9.15.